The summed E-state index contributed by atoms with van der Waals surface area (Å²) in [6, 6.07) is 2.13. The number of carbonyl (C=O) groups excluding carboxylic acids is 1. The Balaban J connectivity index is 2.50. The summed E-state index contributed by atoms with van der Waals surface area (Å²) < 4.78 is 0. The predicted molar refractivity (Wildman–Crippen MR) is 46.6 cm³/mol. The highest BCUT2D eigenvalue weighted by molar-refractivity contribution is 7.10. The molecule has 1 aromatic rings. The molecule has 0 fully saturated rings. The van der Waals surface area contributed by atoms with E-state index in [9.17, 15) is 4.79 Å². The summed E-state index contributed by atoms with van der Waals surface area (Å²) >= 11 is 1.69. The van der Waals surface area contributed by atoms with Gasteiger partial charge in [0.15, 0.2) is 0 Å². The van der Waals surface area contributed by atoms with Crippen LogP contribution in [0.4, 0.5) is 0 Å². The standard InChI is InChI=1S/C8H11NOS/c1-2-7-3-8(11-5-7)4-9-6-10/h3,5-6H,2,4H2,1H3,(H,9,10). The Bertz CT molecular complexity index is 232. The average Bonchev–Trinajstić information content (AvgIpc) is 2.48. The van der Waals surface area contributed by atoms with Gasteiger partial charge >= 0.3 is 0 Å². The number of hydrogen-bond acceptors (Lipinski definition) is 2. The molecule has 0 spiro atoms. The Morgan fingerprint density at radius 1 is 1.73 bits per heavy atom. The summed E-state index contributed by atoms with van der Waals surface area (Å²) in [7, 11) is 0. The van der Waals surface area contributed by atoms with Crippen LogP contribution in [0.3, 0.4) is 0 Å². The first kappa shape index (κ1) is 8.27. The SMILES string of the molecule is CCc1csc(CNC=O)c1. The molecule has 0 aromatic carbocycles. The zero-order chi connectivity index (χ0) is 8.10. The van der Waals surface area contributed by atoms with E-state index in [1.54, 1.807) is 11.3 Å². The van der Waals surface area contributed by atoms with Crippen molar-refractivity contribution in [3.8, 4) is 0 Å². The fourth-order valence-electron chi connectivity index (χ4n) is 0.847. The van der Waals surface area contributed by atoms with E-state index in [4.69, 9.17) is 0 Å². The van der Waals surface area contributed by atoms with E-state index in [1.165, 1.54) is 10.4 Å². The molecule has 0 aliphatic heterocycles. The summed E-state index contributed by atoms with van der Waals surface area (Å²) in [4.78, 5) is 11.2. The summed E-state index contributed by atoms with van der Waals surface area (Å²) in [5.74, 6) is 0. The lowest BCUT2D eigenvalue weighted by Crippen LogP contribution is -2.08. The molecular weight excluding hydrogens is 158 g/mol. The van der Waals surface area contributed by atoms with Crippen LogP contribution in [0.15, 0.2) is 11.4 Å². The van der Waals surface area contributed by atoms with Gasteiger partial charge in [0.1, 0.15) is 0 Å². The van der Waals surface area contributed by atoms with Crippen molar-refractivity contribution in [2.24, 2.45) is 0 Å². The second-order valence-electron chi connectivity index (χ2n) is 2.27. The minimum absolute atomic E-state index is 0.661. The van der Waals surface area contributed by atoms with Crippen LogP contribution >= 0.6 is 11.3 Å². The maximum atomic E-state index is 9.95. The molecule has 0 atom stereocenters. The maximum Gasteiger partial charge on any atom is 0.207 e. The Morgan fingerprint density at radius 3 is 3.09 bits per heavy atom. The van der Waals surface area contributed by atoms with Gasteiger partial charge in [0.05, 0.1) is 6.54 Å². The third-order valence-corrected chi connectivity index (χ3v) is 2.46. The van der Waals surface area contributed by atoms with Crippen LogP contribution in [0, 0.1) is 0 Å². The number of nitrogens with one attached hydrogen (secondary N) is 1. The monoisotopic (exact) mass is 169 g/mol. The number of hydrogen-bond donors (Lipinski definition) is 1. The molecular formula is C8H11NOS. The van der Waals surface area contributed by atoms with Crippen molar-refractivity contribution in [1.29, 1.82) is 0 Å². The number of thiophene rings is 1. The van der Waals surface area contributed by atoms with Gasteiger partial charge < -0.3 is 5.32 Å². The van der Waals surface area contributed by atoms with Gasteiger partial charge in [0, 0.05) is 4.88 Å². The Kier molecular flexibility index (Phi) is 3.11. The van der Waals surface area contributed by atoms with E-state index in [2.05, 4.69) is 23.7 Å². The quantitative estimate of drug-likeness (QED) is 0.681. The van der Waals surface area contributed by atoms with Gasteiger partial charge in [-0.1, -0.05) is 6.92 Å². The molecule has 3 heteroatoms. The maximum absolute atomic E-state index is 9.95. The lowest BCUT2D eigenvalue weighted by atomic mass is 10.2. The summed E-state index contributed by atoms with van der Waals surface area (Å²) in [5, 5.41) is 4.76. The van der Waals surface area contributed by atoms with E-state index in [0.29, 0.717) is 6.54 Å². The first-order valence-corrected chi connectivity index (χ1v) is 4.48. The zero-order valence-corrected chi connectivity index (χ0v) is 7.28. The van der Waals surface area contributed by atoms with E-state index >= 15 is 0 Å². The molecule has 0 bridgehead atoms. The van der Waals surface area contributed by atoms with Crippen LogP contribution in [0.1, 0.15) is 17.4 Å². The Hall–Kier alpha value is -0.830. The highest BCUT2D eigenvalue weighted by atomic mass is 32.1. The molecule has 0 radical (unpaired) electrons. The number of rotatable bonds is 4. The van der Waals surface area contributed by atoms with Crippen LogP contribution in [0.5, 0.6) is 0 Å². The Labute approximate surface area is 70.2 Å². The largest absolute Gasteiger partial charge is 0.354 e. The Morgan fingerprint density at radius 2 is 2.55 bits per heavy atom. The molecule has 0 saturated heterocycles. The van der Waals surface area contributed by atoms with Crippen LogP contribution in [-0.2, 0) is 17.8 Å². The molecule has 60 valence electrons. The third-order valence-electron chi connectivity index (χ3n) is 1.48. The van der Waals surface area contributed by atoms with E-state index < -0.39 is 0 Å². The van der Waals surface area contributed by atoms with Crippen molar-refractivity contribution in [3.05, 3.63) is 21.9 Å². The molecule has 0 aliphatic rings. The topological polar surface area (TPSA) is 29.1 Å². The van der Waals surface area contributed by atoms with Crippen molar-refractivity contribution in [2.45, 2.75) is 19.9 Å². The number of aryl methyl sites for hydroxylation is 1. The van der Waals surface area contributed by atoms with Gasteiger partial charge in [-0.15, -0.1) is 11.3 Å². The van der Waals surface area contributed by atoms with Crippen molar-refractivity contribution in [2.75, 3.05) is 0 Å². The van der Waals surface area contributed by atoms with Crippen molar-refractivity contribution >= 4 is 17.7 Å². The van der Waals surface area contributed by atoms with E-state index in [-0.39, 0.29) is 0 Å². The molecule has 1 aromatic heterocycles. The van der Waals surface area contributed by atoms with Gasteiger partial charge in [-0.05, 0) is 23.4 Å². The molecule has 0 saturated carbocycles. The number of carbonyl (C=O) groups is 1. The van der Waals surface area contributed by atoms with E-state index in [1.807, 2.05) is 0 Å². The van der Waals surface area contributed by atoms with Crippen molar-refractivity contribution < 1.29 is 4.79 Å². The van der Waals surface area contributed by atoms with Gasteiger partial charge in [0.2, 0.25) is 6.41 Å². The second kappa shape index (κ2) is 4.13. The first-order chi connectivity index (χ1) is 5.36. The van der Waals surface area contributed by atoms with Gasteiger partial charge in [-0.2, -0.15) is 0 Å². The highest BCUT2D eigenvalue weighted by Gasteiger charge is 1.95. The predicted octanol–water partition coefficient (Wildman–Crippen LogP) is 1.56. The molecule has 1 rings (SSSR count). The average molecular weight is 169 g/mol. The molecule has 11 heavy (non-hydrogen) atoms. The fraction of sp³-hybridized carbons (Fsp3) is 0.375. The van der Waals surface area contributed by atoms with Crippen LogP contribution in [0.25, 0.3) is 0 Å². The van der Waals surface area contributed by atoms with Crippen LogP contribution in [-0.4, -0.2) is 6.41 Å². The normalized spacial score (nSPS) is 9.55. The minimum Gasteiger partial charge on any atom is -0.354 e. The lowest BCUT2D eigenvalue weighted by Gasteiger charge is -1.91. The summed E-state index contributed by atoms with van der Waals surface area (Å²) in [6.07, 6.45) is 1.79. The van der Waals surface area contributed by atoms with E-state index in [0.717, 1.165) is 12.8 Å². The summed E-state index contributed by atoms with van der Waals surface area (Å²) in [5.41, 5.74) is 1.35. The molecule has 0 unspecified atom stereocenters. The van der Waals surface area contributed by atoms with Crippen molar-refractivity contribution in [1.82, 2.24) is 5.32 Å². The fourth-order valence-corrected chi connectivity index (χ4v) is 1.77. The van der Waals surface area contributed by atoms with Crippen molar-refractivity contribution in [3.63, 3.8) is 0 Å². The van der Waals surface area contributed by atoms with Crippen LogP contribution in [0.2, 0.25) is 0 Å². The number of amides is 1. The molecule has 1 amide bonds. The smallest absolute Gasteiger partial charge is 0.207 e. The molecule has 0 aliphatic carbocycles. The first-order valence-electron chi connectivity index (χ1n) is 3.60. The minimum atomic E-state index is 0.661. The molecule has 1 heterocycles. The van der Waals surface area contributed by atoms with Crippen LogP contribution < -0.4 is 5.32 Å². The van der Waals surface area contributed by atoms with Gasteiger partial charge in [0.25, 0.3) is 0 Å². The van der Waals surface area contributed by atoms with Gasteiger partial charge in [-0.3, -0.25) is 4.79 Å². The summed E-state index contributed by atoms with van der Waals surface area (Å²) in [6.45, 7) is 2.78. The second-order valence-corrected chi connectivity index (χ2v) is 3.27. The highest BCUT2D eigenvalue weighted by Crippen LogP contribution is 2.14. The van der Waals surface area contributed by atoms with Gasteiger partial charge in [-0.25, -0.2) is 0 Å². The zero-order valence-electron chi connectivity index (χ0n) is 6.46. The molecule has 1 N–H and O–H groups in total. The lowest BCUT2D eigenvalue weighted by molar-refractivity contribution is -0.109. The third kappa shape index (κ3) is 2.35. The molecule has 2 nitrogen and oxygen atoms in total.